The zero-order valence-corrected chi connectivity index (χ0v) is 11.7. The van der Waals surface area contributed by atoms with Crippen LogP contribution in [0.2, 0.25) is 0 Å². The zero-order chi connectivity index (χ0) is 14.4. The monoisotopic (exact) mass is 268 g/mol. The average Bonchev–Trinajstić information content (AvgIpc) is 2.38. The topological polar surface area (TPSA) is 80.7 Å². The van der Waals surface area contributed by atoms with Crippen molar-refractivity contribution >= 4 is 6.09 Å². The first-order chi connectivity index (χ1) is 9.01. The van der Waals surface area contributed by atoms with Gasteiger partial charge in [-0.15, -0.1) is 0 Å². The average molecular weight is 268 g/mol. The number of amides is 1. The van der Waals surface area contributed by atoms with E-state index >= 15 is 0 Å². The van der Waals surface area contributed by atoms with E-state index in [9.17, 15) is 4.79 Å². The summed E-state index contributed by atoms with van der Waals surface area (Å²) in [6.45, 7) is 3.80. The van der Waals surface area contributed by atoms with Gasteiger partial charge in [0.15, 0.2) is 0 Å². The number of pyridine rings is 1. The second-order valence-corrected chi connectivity index (χ2v) is 4.22. The number of aryl methyl sites for hydroxylation is 1. The van der Waals surface area contributed by atoms with Crippen LogP contribution in [-0.2, 0) is 6.42 Å². The lowest BCUT2D eigenvalue weighted by Crippen LogP contribution is -2.35. The molecule has 1 amide bonds. The lowest BCUT2D eigenvalue weighted by atomic mass is 10.1. The Hall–Kier alpha value is -1.98. The van der Waals surface area contributed by atoms with Gasteiger partial charge in [-0.1, -0.05) is 6.92 Å². The zero-order valence-electron chi connectivity index (χ0n) is 11.7. The molecule has 1 aromatic heterocycles. The van der Waals surface area contributed by atoms with E-state index in [2.05, 4.69) is 10.3 Å². The number of hydrogen-bond acceptors (Lipinski definition) is 4. The molecule has 1 rings (SSSR count). The molecule has 0 aromatic carbocycles. The van der Waals surface area contributed by atoms with Crippen molar-refractivity contribution in [3.05, 3.63) is 17.3 Å². The summed E-state index contributed by atoms with van der Waals surface area (Å²) in [5.74, 6) is 1.17. The molecule has 1 atom stereocenters. The maximum atomic E-state index is 10.7. The highest BCUT2D eigenvalue weighted by molar-refractivity contribution is 5.64. The largest absolute Gasteiger partial charge is 0.495 e. The van der Waals surface area contributed by atoms with Gasteiger partial charge in [0, 0.05) is 18.0 Å². The summed E-state index contributed by atoms with van der Waals surface area (Å²) in [5.41, 5.74) is 1.56. The standard InChI is InChI=1S/C13H20N2O4/c1-5-9(14-13(16)17)7-10-11(18-3)6-8(2)12(15-10)19-4/h6,9,14H,5,7H2,1-4H3,(H,16,17). The Morgan fingerprint density at radius 3 is 2.63 bits per heavy atom. The highest BCUT2D eigenvalue weighted by Gasteiger charge is 2.16. The van der Waals surface area contributed by atoms with E-state index in [1.54, 1.807) is 14.2 Å². The minimum Gasteiger partial charge on any atom is -0.495 e. The molecule has 2 N–H and O–H groups in total. The SMILES string of the molecule is CCC(Cc1nc(OC)c(C)cc1OC)NC(=O)O. The molecular formula is C13H20N2O4. The number of methoxy groups -OCH3 is 2. The van der Waals surface area contributed by atoms with Crippen LogP contribution in [0.5, 0.6) is 11.6 Å². The van der Waals surface area contributed by atoms with Crippen LogP contribution in [0.15, 0.2) is 6.07 Å². The van der Waals surface area contributed by atoms with E-state index in [-0.39, 0.29) is 6.04 Å². The Morgan fingerprint density at radius 2 is 2.16 bits per heavy atom. The van der Waals surface area contributed by atoms with Crippen molar-refractivity contribution in [1.29, 1.82) is 0 Å². The number of nitrogens with zero attached hydrogens (tertiary/aromatic N) is 1. The third kappa shape index (κ3) is 4.01. The Labute approximate surface area is 112 Å². The summed E-state index contributed by atoms with van der Waals surface area (Å²) in [4.78, 5) is 15.1. The highest BCUT2D eigenvalue weighted by Crippen LogP contribution is 2.25. The fourth-order valence-electron chi connectivity index (χ4n) is 1.84. The lowest BCUT2D eigenvalue weighted by Gasteiger charge is -2.17. The second kappa shape index (κ2) is 6.82. The van der Waals surface area contributed by atoms with Crippen molar-refractivity contribution in [2.75, 3.05) is 14.2 Å². The summed E-state index contributed by atoms with van der Waals surface area (Å²) in [5, 5.41) is 11.2. The van der Waals surface area contributed by atoms with Gasteiger partial charge in [0.05, 0.1) is 19.9 Å². The van der Waals surface area contributed by atoms with Crippen LogP contribution in [0.1, 0.15) is 24.6 Å². The fraction of sp³-hybridized carbons (Fsp3) is 0.538. The number of rotatable bonds is 6. The van der Waals surface area contributed by atoms with E-state index in [0.717, 1.165) is 5.56 Å². The van der Waals surface area contributed by atoms with Gasteiger partial charge in [-0.2, -0.15) is 0 Å². The van der Waals surface area contributed by atoms with Crippen LogP contribution in [0.3, 0.4) is 0 Å². The van der Waals surface area contributed by atoms with E-state index in [4.69, 9.17) is 14.6 Å². The van der Waals surface area contributed by atoms with Crippen molar-refractivity contribution in [2.45, 2.75) is 32.7 Å². The van der Waals surface area contributed by atoms with Crippen molar-refractivity contribution < 1.29 is 19.4 Å². The molecule has 0 aliphatic rings. The van der Waals surface area contributed by atoms with Gasteiger partial charge in [0.1, 0.15) is 5.75 Å². The van der Waals surface area contributed by atoms with Gasteiger partial charge in [-0.05, 0) is 19.4 Å². The molecule has 19 heavy (non-hydrogen) atoms. The number of aromatic nitrogens is 1. The molecular weight excluding hydrogens is 248 g/mol. The third-order valence-electron chi connectivity index (χ3n) is 2.88. The van der Waals surface area contributed by atoms with E-state index < -0.39 is 6.09 Å². The Balaban J connectivity index is 3.00. The Morgan fingerprint density at radius 1 is 1.47 bits per heavy atom. The summed E-state index contributed by atoms with van der Waals surface area (Å²) in [6.07, 6.45) is 0.0977. The number of nitrogens with one attached hydrogen (secondary N) is 1. The summed E-state index contributed by atoms with van der Waals surface area (Å²) >= 11 is 0. The number of ether oxygens (including phenoxy) is 2. The number of carboxylic acid groups (broad SMARTS) is 1. The molecule has 1 unspecified atom stereocenters. The number of carbonyl (C=O) groups is 1. The molecule has 0 saturated carbocycles. The Kier molecular flexibility index (Phi) is 5.41. The first-order valence-electron chi connectivity index (χ1n) is 6.09. The molecule has 0 spiro atoms. The van der Waals surface area contributed by atoms with E-state index in [1.165, 1.54) is 0 Å². The van der Waals surface area contributed by atoms with Gasteiger partial charge in [-0.25, -0.2) is 9.78 Å². The smallest absolute Gasteiger partial charge is 0.404 e. The van der Waals surface area contributed by atoms with Crippen molar-refractivity contribution in [3.63, 3.8) is 0 Å². The maximum absolute atomic E-state index is 10.7. The predicted octanol–water partition coefficient (Wildman–Crippen LogP) is 2.00. The third-order valence-corrected chi connectivity index (χ3v) is 2.88. The summed E-state index contributed by atoms with van der Waals surface area (Å²) in [7, 11) is 3.12. The Bertz CT molecular complexity index is 449. The van der Waals surface area contributed by atoms with Gasteiger partial charge in [0.2, 0.25) is 5.88 Å². The molecule has 1 heterocycles. The van der Waals surface area contributed by atoms with Crippen LogP contribution in [0.4, 0.5) is 4.79 Å². The van der Waals surface area contributed by atoms with Crippen molar-refractivity contribution in [1.82, 2.24) is 10.3 Å². The van der Waals surface area contributed by atoms with Crippen molar-refractivity contribution in [3.8, 4) is 11.6 Å². The first-order valence-corrected chi connectivity index (χ1v) is 6.09. The van der Waals surface area contributed by atoms with Gasteiger partial charge in [0.25, 0.3) is 0 Å². The first kappa shape index (κ1) is 15.1. The van der Waals surface area contributed by atoms with Crippen LogP contribution in [0.25, 0.3) is 0 Å². The lowest BCUT2D eigenvalue weighted by molar-refractivity contribution is 0.189. The van der Waals surface area contributed by atoms with E-state index in [0.29, 0.717) is 30.2 Å². The van der Waals surface area contributed by atoms with Crippen LogP contribution in [-0.4, -0.2) is 36.4 Å². The van der Waals surface area contributed by atoms with Crippen LogP contribution < -0.4 is 14.8 Å². The maximum Gasteiger partial charge on any atom is 0.404 e. The van der Waals surface area contributed by atoms with Crippen LogP contribution >= 0.6 is 0 Å². The molecule has 106 valence electrons. The second-order valence-electron chi connectivity index (χ2n) is 4.22. The quantitative estimate of drug-likeness (QED) is 0.824. The fourth-order valence-corrected chi connectivity index (χ4v) is 1.84. The summed E-state index contributed by atoms with van der Waals surface area (Å²) < 4.78 is 10.5. The molecule has 6 nitrogen and oxygen atoms in total. The molecule has 0 radical (unpaired) electrons. The molecule has 0 aliphatic heterocycles. The van der Waals surface area contributed by atoms with Gasteiger partial charge >= 0.3 is 6.09 Å². The molecule has 0 bridgehead atoms. The minimum absolute atomic E-state index is 0.202. The molecule has 0 saturated heterocycles. The van der Waals surface area contributed by atoms with Gasteiger partial charge < -0.3 is 19.9 Å². The highest BCUT2D eigenvalue weighted by atomic mass is 16.5. The summed E-state index contributed by atoms with van der Waals surface area (Å²) in [6, 6.07) is 1.64. The number of hydrogen-bond donors (Lipinski definition) is 2. The molecule has 0 aliphatic carbocycles. The molecule has 6 heteroatoms. The normalized spacial score (nSPS) is 11.8. The predicted molar refractivity (Wildman–Crippen MR) is 71.0 cm³/mol. The van der Waals surface area contributed by atoms with Gasteiger partial charge in [-0.3, -0.25) is 0 Å². The molecule has 0 fully saturated rings. The minimum atomic E-state index is -1.04. The van der Waals surface area contributed by atoms with E-state index in [1.807, 2.05) is 19.9 Å². The van der Waals surface area contributed by atoms with Crippen molar-refractivity contribution in [2.24, 2.45) is 0 Å². The van der Waals surface area contributed by atoms with Crippen LogP contribution in [0, 0.1) is 6.92 Å². The molecule has 1 aromatic rings.